The number of carbonyl (C=O) groups is 1. The zero-order valence-electron chi connectivity index (χ0n) is 19.3. The van der Waals surface area contributed by atoms with Crippen LogP contribution in [-0.4, -0.2) is 41.9 Å². The predicted octanol–water partition coefficient (Wildman–Crippen LogP) is 4.40. The number of ether oxygens (including phenoxy) is 1. The highest BCUT2D eigenvalue weighted by atomic mass is 19.1. The van der Waals surface area contributed by atoms with Crippen LogP contribution in [0.3, 0.4) is 0 Å². The molecule has 2 aliphatic rings. The summed E-state index contributed by atoms with van der Waals surface area (Å²) in [5.74, 6) is -1.17. The molecule has 1 saturated heterocycles. The zero-order chi connectivity index (χ0) is 23.4. The number of aromatic carboxylic acids is 1. The topological polar surface area (TPSA) is 92.6 Å². The summed E-state index contributed by atoms with van der Waals surface area (Å²) < 4.78 is 22.4. The highest BCUT2D eigenvalue weighted by molar-refractivity contribution is 5.97. The first-order valence-electron chi connectivity index (χ1n) is 11.6. The molecular formula is C24H34FN3O4. The molecule has 1 aliphatic carbocycles. The maximum Gasteiger partial charge on any atom is 0.341 e. The Morgan fingerprint density at radius 2 is 2.06 bits per heavy atom. The Morgan fingerprint density at radius 3 is 2.66 bits per heavy atom. The van der Waals surface area contributed by atoms with Crippen molar-refractivity contribution in [1.29, 1.82) is 0 Å². The minimum atomic E-state index is -1.31. The molecule has 2 fully saturated rings. The first-order chi connectivity index (χ1) is 15.5. The number of pyridine rings is 1. The smallest absolute Gasteiger partial charge is 0.341 e. The molecule has 176 valence electrons. The molecule has 8 heteroatoms. The standard InChI is InChI=1S/C22H28FN3O4.C2H6/c1-3-12-5-4-8-24-17(12)10-25-18-16(23)9-14-19(21(18)30-2)26(13-6-7-13)11-15(20(14)27)22(28)29;1-2/h9,11-13,17,24-25H,3-8,10H2,1-2H3,(H,28,29);1-2H3. The monoisotopic (exact) mass is 447 g/mol. The lowest BCUT2D eigenvalue weighted by Gasteiger charge is -2.32. The van der Waals surface area contributed by atoms with E-state index in [-0.39, 0.29) is 34.5 Å². The van der Waals surface area contributed by atoms with Crippen molar-refractivity contribution in [2.75, 3.05) is 25.5 Å². The Balaban J connectivity index is 0.00000141. The van der Waals surface area contributed by atoms with E-state index in [1.807, 2.05) is 13.8 Å². The van der Waals surface area contributed by atoms with Crippen molar-refractivity contribution < 1.29 is 19.0 Å². The molecule has 2 heterocycles. The van der Waals surface area contributed by atoms with Crippen LogP contribution in [0.15, 0.2) is 17.1 Å². The number of anilines is 1. The number of hydrogen-bond acceptors (Lipinski definition) is 5. The predicted molar refractivity (Wildman–Crippen MR) is 125 cm³/mol. The van der Waals surface area contributed by atoms with Crippen LogP contribution >= 0.6 is 0 Å². The van der Waals surface area contributed by atoms with Crippen LogP contribution in [0, 0.1) is 11.7 Å². The van der Waals surface area contributed by atoms with Gasteiger partial charge in [0.25, 0.3) is 0 Å². The minimum Gasteiger partial charge on any atom is -0.492 e. The summed E-state index contributed by atoms with van der Waals surface area (Å²) in [5.41, 5.74) is -0.390. The SMILES string of the molecule is CC.CCC1CCCNC1CNc1c(F)cc2c(=O)c(C(=O)O)cn(C3CC3)c2c1OC. The van der Waals surface area contributed by atoms with Crippen molar-refractivity contribution in [3.63, 3.8) is 0 Å². The second kappa shape index (κ2) is 10.3. The Labute approximate surface area is 188 Å². The van der Waals surface area contributed by atoms with Gasteiger partial charge in [0.05, 0.1) is 18.0 Å². The van der Waals surface area contributed by atoms with E-state index >= 15 is 4.39 Å². The van der Waals surface area contributed by atoms with Gasteiger partial charge in [-0.1, -0.05) is 27.2 Å². The van der Waals surface area contributed by atoms with E-state index in [4.69, 9.17) is 4.74 Å². The summed E-state index contributed by atoms with van der Waals surface area (Å²) >= 11 is 0. The summed E-state index contributed by atoms with van der Waals surface area (Å²) in [6, 6.07) is 1.45. The van der Waals surface area contributed by atoms with E-state index in [2.05, 4.69) is 17.6 Å². The second-order valence-electron chi connectivity index (χ2n) is 8.23. The van der Waals surface area contributed by atoms with Gasteiger partial charge in [0.2, 0.25) is 5.43 Å². The van der Waals surface area contributed by atoms with E-state index in [1.54, 1.807) is 4.57 Å². The molecule has 0 spiro atoms. The lowest BCUT2D eigenvalue weighted by atomic mass is 9.88. The lowest BCUT2D eigenvalue weighted by molar-refractivity contribution is 0.0695. The molecule has 3 N–H and O–H groups in total. The maximum atomic E-state index is 15.1. The number of benzene rings is 1. The molecule has 2 unspecified atom stereocenters. The van der Waals surface area contributed by atoms with Gasteiger partial charge in [-0.2, -0.15) is 0 Å². The van der Waals surface area contributed by atoms with E-state index in [1.165, 1.54) is 13.3 Å². The van der Waals surface area contributed by atoms with Crippen LogP contribution < -0.4 is 20.8 Å². The van der Waals surface area contributed by atoms with Crippen molar-refractivity contribution >= 4 is 22.6 Å². The van der Waals surface area contributed by atoms with Crippen LogP contribution in [0.5, 0.6) is 5.75 Å². The highest BCUT2D eigenvalue weighted by Crippen LogP contribution is 2.42. The van der Waals surface area contributed by atoms with Crippen molar-refractivity contribution in [3.05, 3.63) is 33.9 Å². The van der Waals surface area contributed by atoms with Gasteiger partial charge in [0, 0.05) is 24.8 Å². The summed E-state index contributed by atoms with van der Waals surface area (Å²) in [6.45, 7) is 7.65. The number of carboxylic acids is 1. The number of fused-ring (bicyclic) bond motifs is 1. The number of rotatable bonds is 7. The van der Waals surface area contributed by atoms with Crippen molar-refractivity contribution in [1.82, 2.24) is 9.88 Å². The number of aromatic nitrogens is 1. The fraction of sp³-hybridized carbons (Fsp3) is 0.583. The zero-order valence-corrected chi connectivity index (χ0v) is 19.3. The van der Waals surface area contributed by atoms with Gasteiger partial charge in [-0.15, -0.1) is 0 Å². The maximum absolute atomic E-state index is 15.1. The van der Waals surface area contributed by atoms with Gasteiger partial charge in [-0.25, -0.2) is 9.18 Å². The molecule has 1 aromatic heterocycles. The van der Waals surface area contributed by atoms with Crippen LogP contribution in [0.2, 0.25) is 0 Å². The number of piperidine rings is 1. The molecule has 1 aliphatic heterocycles. The quantitative estimate of drug-likeness (QED) is 0.583. The first-order valence-corrected chi connectivity index (χ1v) is 11.6. The number of hydrogen-bond donors (Lipinski definition) is 3. The van der Waals surface area contributed by atoms with Gasteiger partial charge >= 0.3 is 5.97 Å². The van der Waals surface area contributed by atoms with Gasteiger partial charge in [0.1, 0.15) is 11.3 Å². The van der Waals surface area contributed by atoms with Crippen molar-refractivity contribution in [3.8, 4) is 5.75 Å². The molecule has 4 rings (SSSR count). The third-order valence-electron chi connectivity index (χ3n) is 6.35. The fourth-order valence-corrected chi connectivity index (χ4v) is 4.57. The third kappa shape index (κ3) is 4.60. The van der Waals surface area contributed by atoms with E-state index in [9.17, 15) is 14.7 Å². The van der Waals surface area contributed by atoms with Gasteiger partial charge in [-0.3, -0.25) is 4.79 Å². The van der Waals surface area contributed by atoms with E-state index in [0.29, 0.717) is 18.0 Å². The first kappa shape index (κ1) is 24.0. The molecule has 2 atom stereocenters. The minimum absolute atomic E-state index is 0.0314. The van der Waals surface area contributed by atoms with Gasteiger partial charge < -0.3 is 25.0 Å². The average molecular weight is 448 g/mol. The Morgan fingerprint density at radius 1 is 1.34 bits per heavy atom. The summed E-state index contributed by atoms with van der Waals surface area (Å²) in [4.78, 5) is 24.3. The lowest BCUT2D eigenvalue weighted by Crippen LogP contribution is -2.45. The number of halogens is 1. The molecule has 0 amide bonds. The number of nitrogens with zero attached hydrogens (tertiary/aromatic N) is 1. The Kier molecular flexibility index (Phi) is 7.77. The highest BCUT2D eigenvalue weighted by Gasteiger charge is 2.30. The molecular weight excluding hydrogens is 413 g/mol. The molecule has 7 nitrogen and oxygen atoms in total. The average Bonchev–Trinajstić information content (AvgIpc) is 3.64. The molecule has 1 saturated carbocycles. The molecule has 32 heavy (non-hydrogen) atoms. The Bertz CT molecular complexity index is 1030. The van der Waals surface area contributed by atoms with E-state index in [0.717, 1.165) is 44.7 Å². The largest absolute Gasteiger partial charge is 0.492 e. The fourth-order valence-electron chi connectivity index (χ4n) is 4.57. The molecule has 2 aromatic rings. The van der Waals surface area contributed by atoms with Crippen LogP contribution in [0.4, 0.5) is 10.1 Å². The summed E-state index contributed by atoms with van der Waals surface area (Å²) in [7, 11) is 1.44. The van der Waals surface area contributed by atoms with Crippen molar-refractivity contribution in [2.24, 2.45) is 5.92 Å². The van der Waals surface area contributed by atoms with Crippen LogP contribution in [0.25, 0.3) is 10.9 Å². The van der Waals surface area contributed by atoms with Gasteiger partial charge in [0.15, 0.2) is 11.6 Å². The number of nitrogens with one attached hydrogen (secondary N) is 2. The normalized spacial score (nSPS) is 20.4. The number of methoxy groups -OCH3 is 1. The molecule has 1 aromatic carbocycles. The van der Waals surface area contributed by atoms with Crippen LogP contribution in [-0.2, 0) is 0 Å². The summed E-state index contributed by atoms with van der Waals surface area (Å²) in [5, 5.41) is 16.2. The van der Waals surface area contributed by atoms with Crippen molar-refractivity contribution in [2.45, 2.75) is 65.0 Å². The molecule has 0 radical (unpaired) electrons. The second-order valence-corrected chi connectivity index (χ2v) is 8.23. The molecule has 0 bridgehead atoms. The van der Waals surface area contributed by atoms with Crippen LogP contribution in [0.1, 0.15) is 69.3 Å². The summed E-state index contributed by atoms with van der Waals surface area (Å²) in [6.07, 6.45) is 6.46. The number of carboxylic acid groups (broad SMARTS) is 1. The third-order valence-corrected chi connectivity index (χ3v) is 6.35. The Hall–Kier alpha value is -2.61. The van der Waals surface area contributed by atoms with Gasteiger partial charge in [-0.05, 0) is 44.2 Å². The van der Waals surface area contributed by atoms with E-state index < -0.39 is 17.2 Å².